The van der Waals surface area contributed by atoms with E-state index in [4.69, 9.17) is 0 Å². The van der Waals surface area contributed by atoms with Gasteiger partial charge >= 0.3 is 0 Å². The highest BCUT2D eigenvalue weighted by Gasteiger charge is 2.09. The van der Waals surface area contributed by atoms with Gasteiger partial charge in [-0.2, -0.15) is 0 Å². The van der Waals surface area contributed by atoms with Crippen LogP contribution in [0.15, 0.2) is 0 Å². The summed E-state index contributed by atoms with van der Waals surface area (Å²) in [6.07, 6.45) is 77.7. The fraction of sp³-hybridized carbons (Fsp3) is 0.983. The van der Waals surface area contributed by atoms with Crippen molar-refractivity contribution < 1.29 is 0 Å². The Hall–Kier alpha value is 0. The molecule has 0 heterocycles. The lowest BCUT2D eigenvalue weighted by Gasteiger charge is -2.17. The molecule has 0 bridgehead atoms. The van der Waals surface area contributed by atoms with E-state index in [1.165, 1.54) is 327 Å². The van der Waals surface area contributed by atoms with Gasteiger partial charge in [0.1, 0.15) is 0 Å². The third-order valence-corrected chi connectivity index (χ3v) is 14.1. The molecule has 0 rings (SSSR count). The largest absolute Gasteiger partial charge is 0.0654 e. The van der Waals surface area contributed by atoms with Crippen molar-refractivity contribution in [3.8, 4) is 0 Å². The fourth-order valence-electron chi connectivity index (χ4n) is 9.81. The van der Waals surface area contributed by atoms with E-state index in [1.54, 1.807) is 0 Å². The molecule has 0 aliphatic rings. The molecule has 58 heavy (non-hydrogen) atoms. The summed E-state index contributed by atoms with van der Waals surface area (Å²) in [5.74, 6) is 1.97. The van der Waals surface area contributed by atoms with Crippen LogP contribution >= 0.6 is 0 Å². The fourth-order valence-corrected chi connectivity index (χ4v) is 9.81. The third-order valence-electron chi connectivity index (χ3n) is 14.1. The summed E-state index contributed by atoms with van der Waals surface area (Å²) in [4.78, 5) is 0. The minimum Gasteiger partial charge on any atom is -0.0654 e. The quantitative estimate of drug-likeness (QED) is 0.0537. The summed E-state index contributed by atoms with van der Waals surface area (Å²) in [5.41, 5.74) is 0. The van der Waals surface area contributed by atoms with E-state index in [0.29, 0.717) is 0 Å². The molecular formula is C58H117. The van der Waals surface area contributed by atoms with Gasteiger partial charge in [0.15, 0.2) is 0 Å². The Balaban J connectivity index is 3.91. The summed E-state index contributed by atoms with van der Waals surface area (Å²) < 4.78 is 0. The molecular weight excluding hydrogens is 697 g/mol. The average molecular weight is 815 g/mol. The molecule has 0 N–H and O–H groups in total. The lowest BCUT2D eigenvalue weighted by Crippen LogP contribution is -2.02. The van der Waals surface area contributed by atoms with Crippen molar-refractivity contribution in [1.82, 2.24) is 0 Å². The Kier molecular flexibility index (Phi) is 53.1. The summed E-state index contributed by atoms with van der Waals surface area (Å²) in [6.45, 7) is 9.48. The van der Waals surface area contributed by atoms with Crippen LogP contribution in [-0.4, -0.2) is 0 Å². The van der Waals surface area contributed by atoms with Gasteiger partial charge in [0.2, 0.25) is 0 Å². The molecule has 0 nitrogen and oxygen atoms in total. The molecule has 0 aromatic rings. The summed E-state index contributed by atoms with van der Waals surface area (Å²) in [7, 11) is 0. The molecule has 2 unspecified atom stereocenters. The molecule has 349 valence electrons. The van der Waals surface area contributed by atoms with Crippen LogP contribution in [0.1, 0.15) is 355 Å². The highest BCUT2D eigenvalue weighted by atomic mass is 14.2. The SMILES string of the molecule is CCCCCCCCCCCCCCCCCCCC(CCCCC[CH]CCCCCCC(C)CCCCCCCCCCC)CCCCCCCCCCCCC. The van der Waals surface area contributed by atoms with Gasteiger partial charge in [-0.3, -0.25) is 0 Å². The van der Waals surface area contributed by atoms with E-state index >= 15 is 0 Å². The third kappa shape index (κ3) is 50.4. The van der Waals surface area contributed by atoms with Crippen molar-refractivity contribution in [1.29, 1.82) is 0 Å². The van der Waals surface area contributed by atoms with Crippen molar-refractivity contribution in [3.63, 3.8) is 0 Å². The molecule has 0 fully saturated rings. The van der Waals surface area contributed by atoms with Crippen molar-refractivity contribution in [3.05, 3.63) is 6.42 Å². The van der Waals surface area contributed by atoms with Gasteiger partial charge in [0.05, 0.1) is 0 Å². The van der Waals surface area contributed by atoms with Crippen molar-refractivity contribution >= 4 is 0 Å². The molecule has 0 saturated carbocycles. The first-order chi connectivity index (χ1) is 28.7. The number of rotatable bonds is 53. The summed E-state index contributed by atoms with van der Waals surface area (Å²) in [5, 5.41) is 0. The molecule has 2 atom stereocenters. The van der Waals surface area contributed by atoms with Crippen LogP contribution in [0.5, 0.6) is 0 Å². The van der Waals surface area contributed by atoms with Crippen LogP contribution in [0.3, 0.4) is 0 Å². The summed E-state index contributed by atoms with van der Waals surface area (Å²) in [6, 6.07) is 0. The van der Waals surface area contributed by atoms with E-state index < -0.39 is 0 Å². The van der Waals surface area contributed by atoms with Crippen molar-refractivity contribution in [2.45, 2.75) is 355 Å². The van der Waals surface area contributed by atoms with Crippen LogP contribution in [0.4, 0.5) is 0 Å². The van der Waals surface area contributed by atoms with Crippen LogP contribution < -0.4 is 0 Å². The zero-order valence-electron chi connectivity index (χ0n) is 41.8. The highest BCUT2D eigenvalue weighted by Crippen LogP contribution is 2.26. The second kappa shape index (κ2) is 53.1. The smallest absolute Gasteiger partial charge is 0.0386 e. The Morgan fingerprint density at radius 1 is 0.224 bits per heavy atom. The first-order valence-corrected chi connectivity index (χ1v) is 28.6. The molecule has 0 aromatic heterocycles. The van der Waals surface area contributed by atoms with E-state index in [2.05, 4.69) is 34.1 Å². The zero-order valence-corrected chi connectivity index (χ0v) is 41.8. The average Bonchev–Trinajstić information content (AvgIpc) is 3.23. The molecule has 0 aromatic carbocycles. The molecule has 0 amide bonds. The Morgan fingerprint density at radius 2 is 0.414 bits per heavy atom. The van der Waals surface area contributed by atoms with Crippen LogP contribution in [-0.2, 0) is 0 Å². The van der Waals surface area contributed by atoms with E-state index in [0.717, 1.165) is 11.8 Å². The molecule has 0 aliphatic carbocycles. The maximum atomic E-state index is 2.65. The van der Waals surface area contributed by atoms with Crippen LogP contribution in [0.2, 0.25) is 0 Å². The van der Waals surface area contributed by atoms with Gasteiger partial charge < -0.3 is 0 Å². The number of unbranched alkanes of at least 4 members (excludes halogenated alkanes) is 43. The van der Waals surface area contributed by atoms with Gasteiger partial charge in [0.25, 0.3) is 0 Å². The van der Waals surface area contributed by atoms with E-state index in [1.807, 2.05) is 0 Å². The van der Waals surface area contributed by atoms with E-state index in [-0.39, 0.29) is 0 Å². The lowest BCUT2D eigenvalue weighted by atomic mass is 9.89. The van der Waals surface area contributed by atoms with Crippen molar-refractivity contribution in [2.75, 3.05) is 0 Å². The maximum Gasteiger partial charge on any atom is -0.0386 e. The molecule has 0 saturated heterocycles. The second-order valence-corrected chi connectivity index (χ2v) is 20.3. The molecule has 0 spiro atoms. The van der Waals surface area contributed by atoms with Gasteiger partial charge in [-0.25, -0.2) is 0 Å². The molecule has 1 radical (unpaired) electrons. The normalized spacial score (nSPS) is 12.8. The Bertz CT molecular complexity index is 680. The molecule has 0 heteroatoms. The first-order valence-electron chi connectivity index (χ1n) is 28.6. The number of hydrogen-bond acceptors (Lipinski definition) is 0. The Morgan fingerprint density at radius 3 is 0.672 bits per heavy atom. The zero-order chi connectivity index (χ0) is 41.9. The minimum atomic E-state index is 0.953. The minimum absolute atomic E-state index is 0.953. The maximum absolute atomic E-state index is 2.65. The monoisotopic (exact) mass is 814 g/mol. The number of hydrogen-bond donors (Lipinski definition) is 0. The van der Waals surface area contributed by atoms with Crippen LogP contribution in [0.25, 0.3) is 0 Å². The van der Waals surface area contributed by atoms with E-state index in [9.17, 15) is 0 Å². The van der Waals surface area contributed by atoms with Gasteiger partial charge in [-0.15, -0.1) is 0 Å². The van der Waals surface area contributed by atoms with Gasteiger partial charge in [-0.05, 0) is 18.3 Å². The second-order valence-electron chi connectivity index (χ2n) is 20.3. The van der Waals surface area contributed by atoms with Gasteiger partial charge in [0, 0.05) is 0 Å². The highest BCUT2D eigenvalue weighted by molar-refractivity contribution is 4.67. The molecule has 0 aliphatic heterocycles. The topological polar surface area (TPSA) is 0 Å². The standard InChI is InChI=1S/C58H117/c1-5-8-11-14-17-20-22-23-24-25-26-27-29-35-40-45-50-55-58(54-49-44-39-34-28-21-18-15-12-9-6-2)56-51-46-41-36-31-30-33-38-43-48-53-57(4)52-47-42-37-32-19-16-13-10-7-3/h31,57-58H,5-30,32-56H2,1-4H3. The lowest BCUT2D eigenvalue weighted by molar-refractivity contribution is 0.366. The predicted molar refractivity (Wildman–Crippen MR) is 269 cm³/mol. The van der Waals surface area contributed by atoms with Gasteiger partial charge in [-0.1, -0.05) is 355 Å². The first kappa shape index (κ1) is 58.0. The summed E-state index contributed by atoms with van der Waals surface area (Å²) >= 11 is 0. The Labute approximate surface area is 372 Å². The predicted octanol–water partition coefficient (Wildman–Crippen LogP) is 22.4. The van der Waals surface area contributed by atoms with Crippen molar-refractivity contribution in [2.24, 2.45) is 11.8 Å². The van der Waals surface area contributed by atoms with Crippen LogP contribution in [0, 0.1) is 18.3 Å².